The average Bonchev–Trinajstić information content (AvgIpc) is 3.25. The van der Waals surface area contributed by atoms with E-state index >= 15 is 0 Å². The number of halogens is 1. The highest BCUT2D eigenvalue weighted by atomic mass is 19.1. The second-order valence-corrected chi connectivity index (χ2v) is 13.2. The van der Waals surface area contributed by atoms with Crippen LogP contribution in [0.1, 0.15) is 76.0 Å². The van der Waals surface area contributed by atoms with Gasteiger partial charge >= 0.3 is 0 Å². The minimum atomic E-state index is -0.760. The van der Waals surface area contributed by atoms with Crippen molar-refractivity contribution in [1.29, 1.82) is 0 Å². The third kappa shape index (κ3) is 5.04. The van der Waals surface area contributed by atoms with Crippen LogP contribution >= 0.6 is 0 Å². The summed E-state index contributed by atoms with van der Waals surface area (Å²) in [5.41, 5.74) is 1.93. The molecule has 208 valence electrons. The van der Waals surface area contributed by atoms with E-state index in [2.05, 4.69) is 20.8 Å². The van der Waals surface area contributed by atoms with Gasteiger partial charge in [-0.15, -0.1) is 0 Å². The number of fused-ring (bicyclic) bond motifs is 1. The Morgan fingerprint density at radius 2 is 1.79 bits per heavy atom. The number of amides is 2. The molecule has 1 saturated carbocycles. The smallest absolute Gasteiger partial charge is 0.274 e. The molecule has 1 aromatic carbocycles. The van der Waals surface area contributed by atoms with E-state index in [-0.39, 0.29) is 34.7 Å². The third-order valence-electron chi connectivity index (χ3n) is 8.10. The molecule has 0 unspecified atom stereocenters. The van der Waals surface area contributed by atoms with Gasteiger partial charge in [0, 0.05) is 36.7 Å². The topological polar surface area (TPSA) is 91.0 Å². The van der Waals surface area contributed by atoms with Crippen molar-refractivity contribution >= 4 is 17.5 Å². The summed E-state index contributed by atoms with van der Waals surface area (Å²) < 4.78 is 16.0. The zero-order valence-corrected chi connectivity index (χ0v) is 23.9. The number of imidazole rings is 1. The number of nitrogens with zero attached hydrogens (tertiary/aromatic N) is 5. The van der Waals surface area contributed by atoms with Crippen LogP contribution in [0.5, 0.6) is 0 Å². The summed E-state index contributed by atoms with van der Waals surface area (Å²) in [7, 11) is 0. The molecule has 3 heterocycles. The molecule has 0 atom stereocenters. The highest BCUT2D eigenvalue weighted by Gasteiger charge is 2.47. The number of hydrogen-bond acceptors (Lipinski definition) is 5. The molecule has 39 heavy (non-hydrogen) atoms. The van der Waals surface area contributed by atoms with Crippen molar-refractivity contribution in [3.63, 3.8) is 0 Å². The van der Waals surface area contributed by atoms with E-state index in [9.17, 15) is 19.1 Å². The predicted octanol–water partition coefficient (Wildman–Crippen LogP) is 4.37. The summed E-state index contributed by atoms with van der Waals surface area (Å²) in [6.07, 6.45) is 2.60. The largest absolute Gasteiger partial charge is 0.390 e. The van der Waals surface area contributed by atoms with Gasteiger partial charge in [0.2, 0.25) is 5.91 Å². The molecule has 0 spiro atoms. The Labute approximate surface area is 228 Å². The van der Waals surface area contributed by atoms with Crippen molar-refractivity contribution in [2.75, 3.05) is 19.6 Å². The molecule has 1 N–H and O–H groups in total. The Balaban J connectivity index is 1.44. The van der Waals surface area contributed by atoms with Gasteiger partial charge < -0.3 is 14.9 Å². The molecule has 2 amide bonds. The van der Waals surface area contributed by atoms with Crippen LogP contribution in [0.25, 0.3) is 16.9 Å². The van der Waals surface area contributed by atoms with E-state index in [1.165, 1.54) is 6.07 Å². The number of hydrogen-bond donors (Lipinski definition) is 1. The summed E-state index contributed by atoms with van der Waals surface area (Å²) in [5, 5.41) is 14.8. The lowest BCUT2D eigenvalue weighted by Crippen LogP contribution is -2.63. The van der Waals surface area contributed by atoms with Gasteiger partial charge in [0.15, 0.2) is 5.65 Å². The normalized spacial score (nSPS) is 23.2. The minimum Gasteiger partial charge on any atom is -0.390 e. The van der Waals surface area contributed by atoms with Crippen LogP contribution in [0.3, 0.4) is 0 Å². The van der Waals surface area contributed by atoms with Crippen LogP contribution in [0.2, 0.25) is 0 Å². The quantitative estimate of drug-likeness (QED) is 0.538. The molecular formula is C30H38FN5O3. The lowest BCUT2D eigenvalue weighted by atomic mass is 9.71. The molecule has 2 fully saturated rings. The van der Waals surface area contributed by atoms with Gasteiger partial charge in [-0.25, -0.2) is 13.9 Å². The van der Waals surface area contributed by atoms with Gasteiger partial charge in [-0.1, -0.05) is 32.9 Å². The van der Waals surface area contributed by atoms with Crippen LogP contribution in [0.4, 0.5) is 4.39 Å². The fourth-order valence-corrected chi connectivity index (χ4v) is 5.82. The number of benzene rings is 1. The van der Waals surface area contributed by atoms with Gasteiger partial charge in [0.25, 0.3) is 5.91 Å². The summed E-state index contributed by atoms with van der Waals surface area (Å²) in [6.45, 7) is 14.8. The Morgan fingerprint density at radius 1 is 1.10 bits per heavy atom. The molecule has 1 aliphatic carbocycles. The number of aromatic nitrogens is 3. The summed E-state index contributed by atoms with van der Waals surface area (Å²) in [6, 6.07) is 6.98. The molecule has 8 nitrogen and oxygen atoms in total. The molecule has 3 aromatic rings. The first kappa shape index (κ1) is 27.2. The fraction of sp³-hybridized carbons (Fsp3) is 0.533. The summed E-state index contributed by atoms with van der Waals surface area (Å²) >= 11 is 0. The minimum absolute atomic E-state index is 0.0496. The van der Waals surface area contributed by atoms with Crippen LogP contribution in [-0.2, 0) is 10.2 Å². The van der Waals surface area contributed by atoms with Gasteiger partial charge in [0.1, 0.15) is 11.5 Å². The maximum atomic E-state index is 14.3. The standard InChI is InChI=1S/C30H38FN5O3/c1-18-8-9-19(12-22(18)31)23-13-21(28(2,3)4)25-32-24(16-36(25)33-23)27(38)35-11-10-34(17-29(35,5)6)26(37)20-14-30(7,39)15-20/h8-9,12-13,16,20,39H,10-11,14-15,17H2,1-7H3. The van der Waals surface area contributed by atoms with Crippen molar-refractivity contribution < 1.29 is 19.1 Å². The van der Waals surface area contributed by atoms with Crippen molar-refractivity contribution in [1.82, 2.24) is 24.4 Å². The molecule has 2 aliphatic rings. The van der Waals surface area contributed by atoms with E-state index in [4.69, 9.17) is 10.1 Å². The monoisotopic (exact) mass is 535 g/mol. The highest BCUT2D eigenvalue weighted by molar-refractivity contribution is 5.94. The number of piperazine rings is 1. The molecule has 0 radical (unpaired) electrons. The van der Waals surface area contributed by atoms with Crippen LogP contribution in [0.15, 0.2) is 30.5 Å². The van der Waals surface area contributed by atoms with E-state index in [0.29, 0.717) is 54.9 Å². The maximum absolute atomic E-state index is 14.3. The molecule has 9 heteroatoms. The molecule has 1 saturated heterocycles. The first-order valence-electron chi connectivity index (χ1n) is 13.6. The van der Waals surface area contributed by atoms with Crippen LogP contribution in [-0.4, -0.2) is 72.1 Å². The second-order valence-electron chi connectivity index (χ2n) is 13.2. The summed E-state index contributed by atoms with van der Waals surface area (Å²) in [4.78, 5) is 35.1. The van der Waals surface area contributed by atoms with Crippen molar-refractivity contribution in [3.8, 4) is 11.3 Å². The second kappa shape index (κ2) is 9.11. The first-order chi connectivity index (χ1) is 18.1. The third-order valence-corrected chi connectivity index (χ3v) is 8.10. The SMILES string of the molecule is Cc1ccc(-c2cc(C(C)(C)C)c3nc(C(=O)N4CCN(C(=O)C5CC(C)(O)C5)CC4(C)C)cn3n2)cc1F. The van der Waals surface area contributed by atoms with Gasteiger partial charge in [-0.05, 0) is 63.6 Å². The number of aliphatic hydroxyl groups is 1. The van der Waals surface area contributed by atoms with E-state index in [1.807, 2.05) is 30.9 Å². The number of aryl methyl sites for hydroxylation is 1. The number of carbonyl (C=O) groups is 2. The van der Waals surface area contributed by atoms with Crippen molar-refractivity contribution in [2.24, 2.45) is 5.92 Å². The lowest BCUT2D eigenvalue weighted by molar-refractivity contribution is -0.153. The zero-order chi connectivity index (χ0) is 28.5. The van der Waals surface area contributed by atoms with E-state index in [0.717, 1.165) is 5.56 Å². The average molecular weight is 536 g/mol. The lowest BCUT2D eigenvalue weighted by Gasteiger charge is -2.49. The Morgan fingerprint density at radius 3 is 2.38 bits per heavy atom. The number of rotatable bonds is 3. The predicted molar refractivity (Wildman–Crippen MR) is 147 cm³/mol. The molecule has 1 aliphatic heterocycles. The van der Waals surface area contributed by atoms with E-state index in [1.54, 1.807) is 35.5 Å². The zero-order valence-electron chi connectivity index (χ0n) is 23.9. The maximum Gasteiger partial charge on any atom is 0.274 e. The Kier molecular flexibility index (Phi) is 6.37. The molecule has 5 rings (SSSR count). The molecule has 0 bridgehead atoms. The summed E-state index contributed by atoms with van der Waals surface area (Å²) in [5.74, 6) is -0.620. The molecular weight excluding hydrogens is 497 g/mol. The van der Waals surface area contributed by atoms with Crippen LogP contribution in [0, 0.1) is 18.7 Å². The Hall–Kier alpha value is -3.33. The van der Waals surface area contributed by atoms with Crippen LogP contribution < -0.4 is 0 Å². The highest BCUT2D eigenvalue weighted by Crippen LogP contribution is 2.39. The van der Waals surface area contributed by atoms with Crippen molar-refractivity contribution in [3.05, 3.63) is 53.1 Å². The Bertz CT molecular complexity index is 1460. The molecule has 2 aromatic heterocycles. The van der Waals surface area contributed by atoms with Crippen molar-refractivity contribution in [2.45, 2.75) is 77.9 Å². The fourth-order valence-electron chi connectivity index (χ4n) is 5.82. The first-order valence-corrected chi connectivity index (χ1v) is 13.6. The van der Waals surface area contributed by atoms with E-state index < -0.39 is 11.1 Å². The van der Waals surface area contributed by atoms with Gasteiger partial charge in [-0.2, -0.15) is 5.10 Å². The van der Waals surface area contributed by atoms with Gasteiger partial charge in [0.05, 0.1) is 23.0 Å². The van der Waals surface area contributed by atoms with Gasteiger partial charge in [-0.3, -0.25) is 9.59 Å². The number of carbonyl (C=O) groups excluding carboxylic acids is 2.